The average Bonchev–Trinajstić information content (AvgIpc) is 3.18. The summed E-state index contributed by atoms with van der Waals surface area (Å²) in [7, 11) is 0. The number of anilines is 1. The Morgan fingerprint density at radius 3 is 2.33 bits per heavy atom. The second kappa shape index (κ2) is 4.09. The Morgan fingerprint density at radius 1 is 1.06 bits per heavy atom. The Labute approximate surface area is 107 Å². The molecule has 1 aromatic heterocycles. The molecule has 18 heavy (non-hydrogen) atoms. The summed E-state index contributed by atoms with van der Waals surface area (Å²) in [5.41, 5.74) is 10.3. The summed E-state index contributed by atoms with van der Waals surface area (Å²) < 4.78 is 0. The van der Waals surface area contributed by atoms with Gasteiger partial charge in [-0.05, 0) is 26.7 Å². The molecule has 1 fully saturated rings. The first-order valence-electron chi connectivity index (χ1n) is 6.36. The van der Waals surface area contributed by atoms with Gasteiger partial charge in [0.25, 0.3) is 0 Å². The standard InChI is InChI=1S/C15H17N3/c1-9-3-5-11(6-4-9)13-10(2)14(16)18-15(17-13)12-7-8-12/h3-6,12H,7-8H2,1-2H3,(H2,16,17,18). The minimum atomic E-state index is 0.525. The number of aromatic nitrogens is 2. The molecule has 2 aromatic rings. The molecule has 0 atom stereocenters. The fourth-order valence-electron chi connectivity index (χ4n) is 2.07. The monoisotopic (exact) mass is 239 g/mol. The lowest BCUT2D eigenvalue weighted by Crippen LogP contribution is -2.04. The summed E-state index contributed by atoms with van der Waals surface area (Å²) in [6, 6.07) is 8.40. The van der Waals surface area contributed by atoms with Crippen molar-refractivity contribution in [2.75, 3.05) is 5.73 Å². The Morgan fingerprint density at radius 2 is 1.72 bits per heavy atom. The van der Waals surface area contributed by atoms with Crippen molar-refractivity contribution in [3.8, 4) is 11.3 Å². The van der Waals surface area contributed by atoms with Crippen LogP contribution >= 0.6 is 0 Å². The molecule has 92 valence electrons. The largest absolute Gasteiger partial charge is 0.383 e. The molecule has 1 saturated carbocycles. The summed E-state index contributed by atoms with van der Waals surface area (Å²) in [4.78, 5) is 9.11. The fraction of sp³-hybridized carbons (Fsp3) is 0.333. The van der Waals surface area contributed by atoms with E-state index in [2.05, 4.69) is 36.2 Å². The smallest absolute Gasteiger partial charge is 0.134 e. The maximum Gasteiger partial charge on any atom is 0.134 e. The van der Waals surface area contributed by atoms with Crippen LogP contribution in [0.1, 0.15) is 35.7 Å². The van der Waals surface area contributed by atoms with E-state index in [-0.39, 0.29) is 0 Å². The van der Waals surface area contributed by atoms with Gasteiger partial charge in [-0.2, -0.15) is 0 Å². The lowest BCUT2D eigenvalue weighted by atomic mass is 10.1. The second-order valence-electron chi connectivity index (χ2n) is 5.08. The van der Waals surface area contributed by atoms with Gasteiger partial charge in [0.1, 0.15) is 11.6 Å². The molecule has 0 saturated heterocycles. The third-order valence-corrected chi connectivity index (χ3v) is 3.47. The summed E-state index contributed by atoms with van der Waals surface area (Å²) in [5, 5.41) is 0. The van der Waals surface area contributed by atoms with E-state index in [1.807, 2.05) is 6.92 Å². The van der Waals surface area contributed by atoms with Crippen molar-refractivity contribution in [1.29, 1.82) is 0 Å². The highest BCUT2D eigenvalue weighted by Crippen LogP contribution is 2.39. The Balaban J connectivity index is 2.12. The molecule has 0 spiro atoms. The van der Waals surface area contributed by atoms with Gasteiger partial charge in [0.05, 0.1) is 5.69 Å². The molecule has 0 amide bonds. The molecular formula is C15H17N3. The average molecular weight is 239 g/mol. The van der Waals surface area contributed by atoms with Crippen molar-refractivity contribution in [3.05, 3.63) is 41.2 Å². The van der Waals surface area contributed by atoms with Gasteiger partial charge >= 0.3 is 0 Å². The van der Waals surface area contributed by atoms with Crippen LogP contribution in [0.5, 0.6) is 0 Å². The molecule has 1 aliphatic carbocycles. The molecule has 1 aliphatic rings. The van der Waals surface area contributed by atoms with E-state index in [9.17, 15) is 0 Å². The molecule has 3 nitrogen and oxygen atoms in total. The number of nitrogens with two attached hydrogens (primary N) is 1. The van der Waals surface area contributed by atoms with Crippen molar-refractivity contribution in [1.82, 2.24) is 9.97 Å². The van der Waals surface area contributed by atoms with E-state index in [1.54, 1.807) is 0 Å². The molecule has 0 unspecified atom stereocenters. The van der Waals surface area contributed by atoms with Crippen LogP contribution in [-0.2, 0) is 0 Å². The third-order valence-electron chi connectivity index (χ3n) is 3.47. The molecule has 1 heterocycles. The quantitative estimate of drug-likeness (QED) is 0.875. The molecule has 3 heteroatoms. The number of benzene rings is 1. The SMILES string of the molecule is Cc1ccc(-c2nc(C3CC3)nc(N)c2C)cc1. The number of hydrogen-bond acceptors (Lipinski definition) is 3. The Hall–Kier alpha value is -1.90. The lowest BCUT2D eigenvalue weighted by molar-refractivity contribution is 0.928. The minimum Gasteiger partial charge on any atom is -0.383 e. The Kier molecular flexibility index (Phi) is 2.54. The molecule has 1 aromatic carbocycles. The van der Waals surface area contributed by atoms with E-state index in [1.165, 1.54) is 18.4 Å². The summed E-state index contributed by atoms with van der Waals surface area (Å²) in [6.45, 7) is 4.07. The number of nitrogens with zero attached hydrogens (tertiary/aromatic N) is 2. The van der Waals surface area contributed by atoms with Crippen LogP contribution in [0, 0.1) is 13.8 Å². The van der Waals surface area contributed by atoms with Crippen molar-refractivity contribution in [3.63, 3.8) is 0 Å². The van der Waals surface area contributed by atoms with Gasteiger partial charge in [-0.1, -0.05) is 29.8 Å². The summed E-state index contributed by atoms with van der Waals surface area (Å²) >= 11 is 0. The summed E-state index contributed by atoms with van der Waals surface area (Å²) in [5.74, 6) is 2.05. The minimum absolute atomic E-state index is 0.525. The number of hydrogen-bond donors (Lipinski definition) is 1. The van der Waals surface area contributed by atoms with E-state index >= 15 is 0 Å². The van der Waals surface area contributed by atoms with Gasteiger partial charge in [-0.25, -0.2) is 9.97 Å². The van der Waals surface area contributed by atoms with Crippen LogP contribution in [0.2, 0.25) is 0 Å². The van der Waals surface area contributed by atoms with Gasteiger partial charge in [-0.15, -0.1) is 0 Å². The first-order valence-corrected chi connectivity index (χ1v) is 6.36. The molecule has 0 bridgehead atoms. The van der Waals surface area contributed by atoms with Crippen molar-refractivity contribution >= 4 is 5.82 Å². The zero-order chi connectivity index (χ0) is 12.7. The second-order valence-corrected chi connectivity index (χ2v) is 5.08. The fourth-order valence-corrected chi connectivity index (χ4v) is 2.07. The normalized spacial score (nSPS) is 14.8. The topological polar surface area (TPSA) is 51.8 Å². The highest BCUT2D eigenvalue weighted by Gasteiger charge is 2.28. The van der Waals surface area contributed by atoms with E-state index < -0.39 is 0 Å². The van der Waals surface area contributed by atoms with Crippen LogP contribution in [0.4, 0.5) is 5.82 Å². The van der Waals surface area contributed by atoms with Gasteiger partial charge in [0.2, 0.25) is 0 Å². The maximum absolute atomic E-state index is 6.00. The molecule has 2 N–H and O–H groups in total. The number of nitrogen functional groups attached to an aromatic ring is 1. The van der Waals surface area contributed by atoms with Crippen molar-refractivity contribution in [2.24, 2.45) is 0 Å². The molecule has 3 rings (SSSR count). The predicted octanol–water partition coefficient (Wildman–Crippen LogP) is 3.22. The zero-order valence-corrected chi connectivity index (χ0v) is 10.8. The highest BCUT2D eigenvalue weighted by atomic mass is 15.0. The van der Waals surface area contributed by atoms with Gasteiger partial charge in [0, 0.05) is 17.0 Å². The van der Waals surface area contributed by atoms with Gasteiger partial charge in [0.15, 0.2) is 0 Å². The zero-order valence-electron chi connectivity index (χ0n) is 10.8. The van der Waals surface area contributed by atoms with E-state index in [4.69, 9.17) is 10.7 Å². The lowest BCUT2D eigenvalue weighted by Gasteiger charge is -2.10. The Bertz CT molecular complexity index is 583. The summed E-state index contributed by atoms with van der Waals surface area (Å²) in [6.07, 6.45) is 2.38. The molecular weight excluding hydrogens is 222 g/mol. The van der Waals surface area contributed by atoms with Crippen LogP contribution in [0.15, 0.2) is 24.3 Å². The number of aryl methyl sites for hydroxylation is 1. The van der Waals surface area contributed by atoms with Crippen LogP contribution in [0.25, 0.3) is 11.3 Å². The van der Waals surface area contributed by atoms with Gasteiger partial charge in [-0.3, -0.25) is 0 Å². The van der Waals surface area contributed by atoms with Gasteiger partial charge < -0.3 is 5.73 Å². The van der Waals surface area contributed by atoms with Crippen LogP contribution < -0.4 is 5.73 Å². The van der Waals surface area contributed by atoms with Crippen molar-refractivity contribution < 1.29 is 0 Å². The van der Waals surface area contributed by atoms with Crippen molar-refractivity contribution in [2.45, 2.75) is 32.6 Å². The van der Waals surface area contributed by atoms with E-state index in [0.29, 0.717) is 11.7 Å². The van der Waals surface area contributed by atoms with Crippen LogP contribution in [0.3, 0.4) is 0 Å². The number of rotatable bonds is 2. The third kappa shape index (κ3) is 1.96. The molecule has 0 aliphatic heterocycles. The van der Waals surface area contributed by atoms with Crippen LogP contribution in [-0.4, -0.2) is 9.97 Å². The maximum atomic E-state index is 6.00. The highest BCUT2D eigenvalue weighted by molar-refractivity contribution is 5.67. The van der Waals surface area contributed by atoms with E-state index in [0.717, 1.165) is 22.6 Å². The predicted molar refractivity (Wildman–Crippen MR) is 73.3 cm³/mol. The first-order chi connectivity index (χ1) is 8.65. The molecule has 0 radical (unpaired) electrons. The first kappa shape index (κ1) is 11.2.